The first kappa shape index (κ1) is 12.4. The molecule has 74 valence electrons. The van der Waals surface area contributed by atoms with Gasteiger partial charge in [-0.05, 0) is 12.8 Å². The summed E-state index contributed by atoms with van der Waals surface area (Å²) in [5.74, 6) is 1.13. The molecule has 0 N–H and O–H groups in total. The van der Waals surface area contributed by atoms with E-state index >= 15 is 0 Å². The molecule has 1 aliphatic heterocycles. The van der Waals surface area contributed by atoms with E-state index in [1.807, 2.05) is 0 Å². The highest BCUT2D eigenvalue weighted by atomic mass is 33.1. The van der Waals surface area contributed by atoms with Gasteiger partial charge < -0.3 is 17.3 Å². The van der Waals surface area contributed by atoms with Gasteiger partial charge in [0.25, 0.3) is 0 Å². The second-order valence-electron chi connectivity index (χ2n) is 1.97. The third-order valence-corrected chi connectivity index (χ3v) is 3.40. The van der Waals surface area contributed by atoms with Crippen molar-refractivity contribution in [1.29, 1.82) is 0 Å². The lowest BCUT2D eigenvalue weighted by Gasteiger charge is -2.11. The van der Waals surface area contributed by atoms with E-state index in [1.54, 1.807) is 10.8 Å². The second-order valence-corrected chi connectivity index (χ2v) is 4.60. The Morgan fingerprint density at radius 3 is 1.83 bits per heavy atom. The van der Waals surface area contributed by atoms with Crippen molar-refractivity contribution in [2.45, 2.75) is 18.3 Å². The fourth-order valence-corrected chi connectivity index (χ4v) is 2.64. The number of alkyl halides is 1. The summed E-state index contributed by atoms with van der Waals surface area (Å²) in [7, 11) is -2.99. The van der Waals surface area contributed by atoms with E-state index in [1.165, 1.54) is 10.8 Å². The van der Waals surface area contributed by atoms with Crippen LogP contribution in [0.15, 0.2) is 0 Å². The minimum absolute atomic E-state index is 0.584. The van der Waals surface area contributed by atoms with Crippen LogP contribution < -0.4 is 0 Å². The van der Waals surface area contributed by atoms with E-state index in [9.17, 15) is 21.7 Å². The first-order valence-electron chi connectivity index (χ1n) is 3.19. The predicted octanol–water partition coefficient (Wildman–Crippen LogP) is 3.76. The van der Waals surface area contributed by atoms with E-state index in [0.29, 0.717) is 0 Å². The predicted molar refractivity (Wildman–Crippen MR) is 44.4 cm³/mol. The van der Waals surface area contributed by atoms with Crippen LogP contribution in [0.5, 0.6) is 0 Å². The van der Waals surface area contributed by atoms with Crippen molar-refractivity contribution in [2.24, 2.45) is 0 Å². The molecule has 0 bridgehead atoms. The second kappa shape index (κ2) is 5.96. The molecule has 1 fully saturated rings. The zero-order valence-corrected chi connectivity index (χ0v) is 7.62. The third-order valence-electron chi connectivity index (χ3n) is 0.831. The number of rotatable bonds is 0. The Kier molecular flexibility index (Phi) is 6.16. The van der Waals surface area contributed by atoms with Crippen molar-refractivity contribution in [3.05, 3.63) is 0 Å². The highest BCUT2D eigenvalue weighted by molar-refractivity contribution is 8.76. The van der Waals surface area contributed by atoms with E-state index in [0.717, 1.165) is 18.6 Å². The van der Waals surface area contributed by atoms with Crippen molar-refractivity contribution < 1.29 is 21.7 Å². The largest absolute Gasteiger partial charge is 0.673 e. The maximum atomic E-state index is 12.1. The van der Waals surface area contributed by atoms with Crippen LogP contribution in [0.2, 0.25) is 0 Å². The molecule has 0 aromatic carbocycles. The van der Waals surface area contributed by atoms with Crippen molar-refractivity contribution in [3.63, 3.8) is 0 Å². The summed E-state index contributed by atoms with van der Waals surface area (Å²) in [5, 5.41) is 0. The summed E-state index contributed by atoms with van der Waals surface area (Å²) in [5.41, 5.74) is -0.584. The normalized spacial score (nSPS) is 24.2. The Bertz CT molecular complexity index is 107. The topological polar surface area (TPSA) is 0 Å². The number of hydrogen-bond donors (Lipinski definition) is 0. The molecule has 0 aliphatic carbocycles. The molecule has 0 saturated carbocycles. The molecule has 0 spiro atoms. The molecule has 0 radical (unpaired) electrons. The van der Waals surface area contributed by atoms with Gasteiger partial charge in [-0.25, -0.2) is 4.39 Å². The monoisotopic (exact) mass is 225 g/mol. The summed E-state index contributed by atoms with van der Waals surface area (Å²) < 4.78 is 51.1. The molecule has 0 amide bonds. The van der Waals surface area contributed by atoms with E-state index < -0.39 is 12.8 Å². The molecule has 0 nitrogen and oxygen atoms in total. The highest BCUT2D eigenvalue weighted by Crippen LogP contribution is 2.35. The van der Waals surface area contributed by atoms with Crippen molar-refractivity contribution in [1.82, 2.24) is 0 Å². The smallest absolute Gasteiger partial charge is 0.418 e. The molecular formula is C4H7BF5S2-. The number of halogens is 5. The Hall–Kier alpha value is 0.415. The van der Waals surface area contributed by atoms with Gasteiger partial charge in [-0.15, -0.1) is 0 Å². The lowest BCUT2D eigenvalue weighted by atomic mass is 10.3. The van der Waals surface area contributed by atoms with Crippen molar-refractivity contribution >= 4 is 28.8 Å². The number of hydrogen-bond acceptors (Lipinski definition) is 2. The van der Waals surface area contributed by atoms with Gasteiger partial charge in [-0.2, -0.15) is 0 Å². The van der Waals surface area contributed by atoms with Gasteiger partial charge in [0.2, 0.25) is 0 Å². The maximum Gasteiger partial charge on any atom is 0.673 e. The molecule has 1 heterocycles. The summed E-state index contributed by atoms with van der Waals surface area (Å²) in [6.45, 7) is 0. The van der Waals surface area contributed by atoms with Gasteiger partial charge in [0.05, 0.1) is 0 Å². The molecule has 1 rings (SSSR count). The molecule has 12 heavy (non-hydrogen) atoms. The van der Waals surface area contributed by atoms with Crippen LogP contribution in [0.1, 0.15) is 12.8 Å². The van der Waals surface area contributed by atoms with Gasteiger partial charge in [0.15, 0.2) is 5.50 Å². The highest BCUT2D eigenvalue weighted by Gasteiger charge is 2.20. The summed E-state index contributed by atoms with van der Waals surface area (Å²) in [4.78, 5) is 0. The standard InChI is InChI=1S/C4H7FS2.BF4/c5-4-2-1-3-6-7-4;2-1(3,4)5/h4H,1-3H2;/q;-1. The molecule has 0 aromatic rings. The third kappa shape index (κ3) is 13.0. The van der Waals surface area contributed by atoms with Crippen LogP contribution >= 0.6 is 21.6 Å². The van der Waals surface area contributed by atoms with Gasteiger partial charge >= 0.3 is 7.25 Å². The fraction of sp³-hybridized carbons (Fsp3) is 1.00. The zero-order valence-electron chi connectivity index (χ0n) is 5.98. The molecule has 0 aromatic heterocycles. The summed E-state index contributed by atoms with van der Waals surface area (Å²) in [6, 6.07) is 0. The lowest BCUT2D eigenvalue weighted by molar-refractivity contribution is 0.368. The van der Waals surface area contributed by atoms with E-state index in [4.69, 9.17) is 0 Å². The first-order valence-corrected chi connectivity index (χ1v) is 5.57. The maximum absolute atomic E-state index is 12.1. The van der Waals surface area contributed by atoms with Crippen molar-refractivity contribution in [2.75, 3.05) is 5.75 Å². The Morgan fingerprint density at radius 2 is 1.67 bits per heavy atom. The summed E-state index contributed by atoms with van der Waals surface area (Å²) >= 11 is 0. The molecular weight excluding hydrogens is 218 g/mol. The van der Waals surface area contributed by atoms with Gasteiger partial charge in [0, 0.05) is 5.75 Å². The van der Waals surface area contributed by atoms with Crippen LogP contribution in [0, 0.1) is 0 Å². The van der Waals surface area contributed by atoms with Gasteiger partial charge in [0.1, 0.15) is 0 Å². The molecule has 1 unspecified atom stereocenters. The molecule has 1 atom stereocenters. The Balaban J connectivity index is 0.000000217. The minimum atomic E-state index is -6.00. The van der Waals surface area contributed by atoms with E-state index in [2.05, 4.69) is 0 Å². The van der Waals surface area contributed by atoms with Gasteiger partial charge in [-0.1, -0.05) is 21.6 Å². The van der Waals surface area contributed by atoms with Crippen LogP contribution in [0.25, 0.3) is 0 Å². The molecule has 1 saturated heterocycles. The van der Waals surface area contributed by atoms with Crippen molar-refractivity contribution in [3.8, 4) is 0 Å². The molecule has 1 aliphatic rings. The van der Waals surface area contributed by atoms with Crippen LogP contribution in [0.4, 0.5) is 21.7 Å². The fourth-order valence-electron chi connectivity index (χ4n) is 0.473. The van der Waals surface area contributed by atoms with Gasteiger partial charge in [-0.3, -0.25) is 0 Å². The first-order chi connectivity index (χ1) is 5.39. The zero-order chi connectivity index (χ0) is 9.61. The average Bonchev–Trinajstić information content (AvgIpc) is 1.85. The minimum Gasteiger partial charge on any atom is -0.418 e. The summed E-state index contributed by atoms with van der Waals surface area (Å²) in [6.07, 6.45) is 1.82. The molecule has 8 heteroatoms. The SMILES string of the molecule is FC1CCCSS1.F[B-](F)(F)F. The quantitative estimate of drug-likeness (QED) is 0.349. The lowest BCUT2D eigenvalue weighted by Crippen LogP contribution is -2.02. The Morgan fingerprint density at radius 1 is 1.17 bits per heavy atom. The van der Waals surface area contributed by atoms with Crippen LogP contribution in [-0.2, 0) is 0 Å². The van der Waals surface area contributed by atoms with E-state index in [-0.39, 0.29) is 0 Å². The average molecular weight is 225 g/mol. The van der Waals surface area contributed by atoms with Crippen LogP contribution in [-0.4, -0.2) is 18.5 Å². The Labute approximate surface area is 75.2 Å². The van der Waals surface area contributed by atoms with Crippen LogP contribution in [0.3, 0.4) is 0 Å².